The molecular formula is C20H32ClN5O. The van der Waals surface area contributed by atoms with Crippen LogP contribution in [0.25, 0.3) is 0 Å². The van der Waals surface area contributed by atoms with Gasteiger partial charge in [-0.2, -0.15) is 0 Å². The number of hydrogen-bond donors (Lipinski definition) is 3. The second-order valence-corrected chi connectivity index (χ2v) is 7.87. The molecule has 1 saturated heterocycles. The maximum Gasteiger partial charge on any atom is 0.224 e. The van der Waals surface area contributed by atoms with Crippen LogP contribution in [0.1, 0.15) is 33.6 Å². The third-order valence-electron chi connectivity index (χ3n) is 4.92. The monoisotopic (exact) mass is 393 g/mol. The summed E-state index contributed by atoms with van der Waals surface area (Å²) in [6, 6.07) is 8.08. The number of halogens is 1. The minimum Gasteiger partial charge on any atom is -0.356 e. The molecule has 1 aliphatic heterocycles. The van der Waals surface area contributed by atoms with Crippen molar-refractivity contribution in [2.24, 2.45) is 10.9 Å². The van der Waals surface area contributed by atoms with Gasteiger partial charge in [-0.1, -0.05) is 18.5 Å². The van der Waals surface area contributed by atoms with Gasteiger partial charge >= 0.3 is 0 Å². The van der Waals surface area contributed by atoms with Gasteiger partial charge in [0.2, 0.25) is 5.91 Å². The number of carbonyl (C=O) groups excluding carboxylic acids is 1. The molecule has 0 aliphatic carbocycles. The molecule has 0 spiro atoms. The standard InChI is InChI=1S/C20H32ClN5O/c1-14(2)26-12-15(3)18(13-26)25-20(22-4)23-11-5-6-19(27)24-17-9-7-16(21)8-10-17/h7-10,14-15,18H,5-6,11-13H2,1-4H3,(H,24,27)(H2,22,23,25). The van der Waals surface area contributed by atoms with E-state index in [2.05, 4.69) is 46.6 Å². The van der Waals surface area contributed by atoms with Crippen LogP contribution in [0.4, 0.5) is 5.69 Å². The third kappa shape index (κ3) is 7.03. The van der Waals surface area contributed by atoms with Crippen LogP contribution in [-0.2, 0) is 4.79 Å². The summed E-state index contributed by atoms with van der Waals surface area (Å²) in [5, 5.41) is 10.4. The van der Waals surface area contributed by atoms with Gasteiger partial charge in [0.15, 0.2) is 5.96 Å². The fourth-order valence-electron chi connectivity index (χ4n) is 3.20. The smallest absolute Gasteiger partial charge is 0.224 e. The van der Waals surface area contributed by atoms with E-state index in [0.29, 0.717) is 36.0 Å². The molecule has 2 atom stereocenters. The van der Waals surface area contributed by atoms with E-state index in [0.717, 1.165) is 31.2 Å². The summed E-state index contributed by atoms with van der Waals surface area (Å²) in [5.41, 5.74) is 0.764. The summed E-state index contributed by atoms with van der Waals surface area (Å²) in [6.07, 6.45) is 1.19. The van der Waals surface area contributed by atoms with Crippen molar-refractivity contribution in [3.63, 3.8) is 0 Å². The lowest BCUT2D eigenvalue weighted by molar-refractivity contribution is -0.116. The van der Waals surface area contributed by atoms with Gasteiger partial charge in [-0.25, -0.2) is 0 Å². The fraction of sp³-hybridized carbons (Fsp3) is 0.600. The number of nitrogens with zero attached hydrogens (tertiary/aromatic N) is 2. The molecule has 1 aliphatic rings. The number of hydrogen-bond acceptors (Lipinski definition) is 3. The number of aliphatic imine (C=N–C) groups is 1. The normalized spacial score (nSPS) is 20.7. The van der Waals surface area contributed by atoms with Crippen LogP contribution in [-0.4, -0.2) is 55.5 Å². The molecule has 1 amide bonds. The number of nitrogens with one attached hydrogen (secondary N) is 3. The van der Waals surface area contributed by atoms with Gasteiger partial charge in [0.1, 0.15) is 0 Å². The summed E-state index contributed by atoms with van der Waals surface area (Å²) in [7, 11) is 1.78. The number of amides is 1. The largest absolute Gasteiger partial charge is 0.356 e. The Morgan fingerprint density at radius 3 is 2.59 bits per heavy atom. The summed E-state index contributed by atoms with van der Waals surface area (Å²) >= 11 is 5.85. The number of rotatable bonds is 7. The van der Waals surface area contributed by atoms with Gasteiger partial charge in [-0.15, -0.1) is 0 Å². The molecule has 27 heavy (non-hydrogen) atoms. The molecule has 0 aromatic heterocycles. The average molecular weight is 394 g/mol. The topological polar surface area (TPSA) is 68.8 Å². The van der Waals surface area contributed by atoms with Gasteiger partial charge < -0.3 is 16.0 Å². The minimum absolute atomic E-state index is 0.000871. The summed E-state index contributed by atoms with van der Waals surface area (Å²) in [6.45, 7) is 9.58. The van der Waals surface area contributed by atoms with Crippen molar-refractivity contribution in [3.05, 3.63) is 29.3 Å². The zero-order valence-corrected chi connectivity index (χ0v) is 17.5. The Morgan fingerprint density at radius 2 is 2.00 bits per heavy atom. The first-order valence-electron chi connectivity index (χ1n) is 9.65. The van der Waals surface area contributed by atoms with E-state index < -0.39 is 0 Å². The van der Waals surface area contributed by atoms with Gasteiger partial charge in [0.25, 0.3) is 0 Å². The molecule has 1 heterocycles. The first-order valence-corrected chi connectivity index (χ1v) is 10.0. The summed E-state index contributed by atoms with van der Waals surface area (Å²) < 4.78 is 0. The second-order valence-electron chi connectivity index (χ2n) is 7.43. The second kappa shape index (κ2) is 10.5. The van der Waals surface area contributed by atoms with Crippen molar-refractivity contribution < 1.29 is 4.79 Å². The first kappa shape index (κ1) is 21.5. The Labute approximate surface area is 167 Å². The number of guanidine groups is 1. The highest BCUT2D eigenvalue weighted by Gasteiger charge is 2.31. The molecule has 2 rings (SSSR count). The molecule has 2 unspecified atom stereocenters. The minimum atomic E-state index is -0.000871. The zero-order valence-electron chi connectivity index (χ0n) is 16.8. The number of anilines is 1. The van der Waals surface area contributed by atoms with Gasteiger partial charge in [-0.05, 0) is 50.5 Å². The van der Waals surface area contributed by atoms with Crippen molar-refractivity contribution >= 4 is 29.2 Å². The molecule has 0 radical (unpaired) electrons. The number of likely N-dealkylation sites (tertiary alicyclic amines) is 1. The van der Waals surface area contributed by atoms with Crippen LogP contribution in [0.3, 0.4) is 0 Å². The Hall–Kier alpha value is -1.79. The zero-order chi connectivity index (χ0) is 19.8. The maximum atomic E-state index is 12.0. The van der Waals surface area contributed by atoms with Crippen molar-refractivity contribution in [1.82, 2.24) is 15.5 Å². The maximum absolute atomic E-state index is 12.0. The Bertz CT molecular complexity index is 632. The molecule has 6 nitrogen and oxygen atoms in total. The summed E-state index contributed by atoms with van der Waals surface area (Å²) in [4.78, 5) is 18.8. The summed E-state index contributed by atoms with van der Waals surface area (Å²) in [5.74, 6) is 1.38. The molecule has 1 fully saturated rings. The van der Waals surface area contributed by atoms with Crippen LogP contribution in [0, 0.1) is 5.92 Å². The molecular weight excluding hydrogens is 362 g/mol. The van der Waals surface area contributed by atoms with E-state index in [4.69, 9.17) is 11.6 Å². The number of carbonyl (C=O) groups is 1. The van der Waals surface area contributed by atoms with E-state index in [1.807, 2.05) is 0 Å². The van der Waals surface area contributed by atoms with E-state index in [1.54, 1.807) is 31.3 Å². The molecule has 150 valence electrons. The van der Waals surface area contributed by atoms with E-state index in [9.17, 15) is 4.79 Å². The van der Waals surface area contributed by atoms with Crippen molar-refractivity contribution in [2.75, 3.05) is 32.0 Å². The van der Waals surface area contributed by atoms with E-state index in [1.165, 1.54) is 0 Å². The average Bonchev–Trinajstić information content (AvgIpc) is 3.00. The van der Waals surface area contributed by atoms with Crippen LogP contribution in [0.2, 0.25) is 5.02 Å². The molecule has 0 saturated carbocycles. The number of benzene rings is 1. The fourth-order valence-corrected chi connectivity index (χ4v) is 3.32. The highest BCUT2D eigenvalue weighted by molar-refractivity contribution is 6.30. The van der Waals surface area contributed by atoms with Crippen molar-refractivity contribution in [2.45, 2.75) is 45.7 Å². The molecule has 0 bridgehead atoms. The lowest BCUT2D eigenvalue weighted by atomic mass is 10.1. The quantitative estimate of drug-likeness (QED) is 0.378. The predicted octanol–water partition coefficient (Wildman–Crippen LogP) is 2.95. The molecule has 1 aromatic carbocycles. The van der Waals surface area contributed by atoms with Crippen LogP contribution in [0.5, 0.6) is 0 Å². The van der Waals surface area contributed by atoms with Crippen LogP contribution < -0.4 is 16.0 Å². The van der Waals surface area contributed by atoms with Crippen molar-refractivity contribution in [3.8, 4) is 0 Å². The Balaban J connectivity index is 1.67. The third-order valence-corrected chi connectivity index (χ3v) is 5.17. The lowest BCUT2D eigenvalue weighted by Gasteiger charge is -2.21. The van der Waals surface area contributed by atoms with Gasteiger partial charge in [-0.3, -0.25) is 14.7 Å². The first-order chi connectivity index (χ1) is 12.9. The van der Waals surface area contributed by atoms with E-state index >= 15 is 0 Å². The molecule has 7 heteroatoms. The molecule has 3 N–H and O–H groups in total. The predicted molar refractivity (Wildman–Crippen MR) is 113 cm³/mol. The SMILES string of the molecule is CN=C(NCCCC(=O)Nc1ccc(Cl)cc1)NC1CN(C(C)C)CC1C. The Kier molecular flexibility index (Phi) is 8.38. The van der Waals surface area contributed by atoms with Gasteiger partial charge in [0.05, 0.1) is 0 Å². The lowest BCUT2D eigenvalue weighted by Crippen LogP contribution is -2.47. The highest BCUT2D eigenvalue weighted by atomic mass is 35.5. The van der Waals surface area contributed by atoms with Crippen LogP contribution in [0.15, 0.2) is 29.3 Å². The van der Waals surface area contributed by atoms with E-state index in [-0.39, 0.29) is 5.91 Å². The highest BCUT2D eigenvalue weighted by Crippen LogP contribution is 2.18. The molecule has 1 aromatic rings. The Morgan fingerprint density at radius 1 is 1.30 bits per heavy atom. The van der Waals surface area contributed by atoms with Crippen molar-refractivity contribution in [1.29, 1.82) is 0 Å². The van der Waals surface area contributed by atoms with Gasteiger partial charge in [0, 0.05) is 55.9 Å². The van der Waals surface area contributed by atoms with Crippen LogP contribution >= 0.6 is 11.6 Å².